The van der Waals surface area contributed by atoms with Crippen LogP contribution in [0.2, 0.25) is 0 Å². The highest BCUT2D eigenvalue weighted by molar-refractivity contribution is 9.10. The Balaban J connectivity index is 2.13. The Morgan fingerprint density at radius 3 is 3.00 bits per heavy atom. The molecule has 0 unspecified atom stereocenters. The topological polar surface area (TPSA) is 64.9 Å². The maximum absolute atomic E-state index is 5.92. The number of benzene rings is 1. The predicted molar refractivity (Wildman–Crippen MR) is 78.3 cm³/mol. The summed E-state index contributed by atoms with van der Waals surface area (Å²) in [5, 5.41) is 3.95. The summed E-state index contributed by atoms with van der Waals surface area (Å²) in [6.45, 7) is 2.15. The van der Waals surface area contributed by atoms with E-state index in [-0.39, 0.29) is 0 Å². The number of nitrogens with zero attached hydrogens (tertiary/aromatic N) is 2. The number of hydrogen-bond donors (Lipinski definition) is 1. The molecule has 1 aromatic heterocycles. The second-order valence-electron chi connectivity index (χ2n) is 3.80. The predicted octanol–water partition coefficient (Wildman–Crippen LogP) is 3.72. The highest BCUT2D eigenvalue weighted by Gasteiger charge is 2.11. The van der Waals surface area contributed by atoms with Crippen LogP contribution in [0.25, 0.3) is 11.5 Å². The van der Waals surface area contributed by atoms with E-state index in [1.165, 1.54) is 0 Å². The van der Waals surface area contributed by atoms with Crippen LogP contribution in [0, 0.1) is 0 Å². The largest absolute Gasteiger partial charge is 0.398 e. The number of thioether (sulfide) groups is 1. The molecule has 6 heteroatoms. The van der Waals surface area contributed by atoms with E-state index >= 15 is 0 Å². The van der Waals surface area contributed by atoms with Crippen molar-refractivity contribution in [2.75, 3.05) is 11.5 Å². The Bertz CT molecular complexity index is 530. The molecule has 0 saturated carbocycles. The Morgan fingerprint density at radius 2 is 2.28 bits per heavy atom. The van der Waals surface area contributed by atoms with Gasteiger partial charge in [-0.3, -0.25) is 0 Å². The van der Waals surface area contributed by atoms with Gasteiger partial charge in [-0.1, -0.05) is 28.0 Å². The minimum Gasteiger partial charge on any atom is -0.398 e. The van der Waals surface area contributed by atoms with Gasteiger partial charge < -0.3 is 10.3 Å². The third-order valence-corrected chi connectivity index (χ3v) is 3.94. The molecule has 1 aromatic carbocycles. The molecule has 0 spiro atoms. The summed E-state index contributed by atoms with van der Waals surface area (Å²) in [4.78, 5) is 4.35. The molecule has 0 bridgehead atoms. The average molecular weight is 328 g/mol. The standard InChI is InChI=1S/C12H14BrN3OS/c1-2-5-18-7-11-15-12(17-16-11)9-4-3-8(13)6-10(9)14/h3-4,6H,2,5,7,14H2,1H3. The Kier molecular flexibility index (Phi) is 4.66. The quantitative estimate of drug-likeness (QED) is 0.669. The molecule has 0 aliphatic carbocycles. The summed E-state index contributed by atoms with van der Waals surface area (Å²) >= 11 is 5.16. The highest BCUT2D eigenvalue weighted by atomic mass is 79.9. The van der Waals surface area contributed by atoms with Crippen molar-refractivity contribution in [3.05, 3.63) is 28.5 Å². The zero-order valence-electron chi connectivity index (χ0n) is 10.0. The van der Waals surface area contributed by atoms with E-state index in [1.54, 1.807) is 11.8 Å². The van der Waals surface area contributed by atoms with Crippen molar-refractivity contribution in [2.45, 2.75) is 19.1 Å². The van der Waals surface area contributed by atoms with Gasteiger partial charge in [0.05, 0.1) is 11.3 Å². The SMILES string of the molecule is CCCSCc1noc(-c2ccc(Br)cc2N)n1. The van der Waals surface area contributed by atoms with Crippen LogP contribution in [0.3, 0.4) is 0 Å². The molecule has 2 N–H and O–H groups in total. The lowest BCUT2D eigenvalue weighted by Gasteiger charge is -2.00. The number of hydrogen-bond acceptors (Lipinski definition) is 5. The van der Waals surface area contributed by atoms with Gasteiger partial charge in [0.2, 0.25) is 0 Å². The van der Waals surface area contributed by atoms with Crippen molar-refractivity contribution >= 4 is 33.4 Å². The summed E-state index contributed by atoms with van der Waals surface area (Å²) in [7, 11) is 0. The summed E-state index contributed by atoms with van der Waals surface area (Å²) in [6.07, 6.45) is 1.15. The Labute approximate surface area is 118 Å². The van der Waals surface area contributed by atoms with E-state index in [0.717, 1.165) is 28.0 Å². The molecule has 0 aliphatic rings. The van der Waals surface area contributed by atoms with Gasteiger partial charge >= 0.3 is 0 Å². The van der Waals surface area contributed by atoms with Crippen LogP contribution in [0.4, 0.5) is 5.69 Å². The third-order valence-electron chi connectivity index (χ3n) is 2.29. The molecule has 96 valence electrons. The number of anilines is 1. The van der Waals surface area contributed by atoms with Crippen molar-refractivity contribution in [1.29, 1.82) is 0 Å². The van der Waals surface area contributed by atoms with Gasteiger partial charge in [-0.05, 0) is 30.4 Å². The van der Waals surface area contributed by atoms with Crippen LogP contribution in [-0.2, 0) is 5.75 Å². The first-order chi connectivity index (χ1) is 8.70. The zero-order valence-corrected chi connectivity index (χ0v) is 12.4. The van der Waals surface area contributed by atoms with Crippen LogP contribution < -0.4 is 5.73 Å². The van der Waals surface area contributed by atoms with Gasteiger partial charge in [-0.25, -0.2) is 0 Å². The fourth-order valence-electron chi connectivity index (χ4n) is 1.46. The summed E-state index contributed by atoms with van der Waals surface area (Å²) in [5.41, 5.74) is 7.32. The van der Waals surface area contributed by atoms with Gasteiger partial charge in [0.1, 0.15) is 0 Å². The van der Waals surface area contributed by atoms with Crippen LogP contribution in [-0.4, -0.2) is 15.9 Å². The second-order valence-corrected chi connectivity index (χ2v) is 5.82. The molecular weight excluding hydrogens is 314 g/mol. The number of nitrogens with two attached hydrogens (primary N) is 1. The van der Waals surface area contributed by atoms with Crippen LogP contribution in [0.1, 0.15) is 19.2 Å². The monoisotopic (exact) mass is 327 g/mol. The lowest BCUT2D eigenvalue weighted by molar-refractivity contribution is 0.425. The fraction of sp³-hybridized carbons (Fsp3) is 0.333. The molecule has 0 amide bonds. The van der Waals surface area contributed by atoms with Crippen LogP contribution in [0.5, 0.6) is 0 Å². The summed E-state index contributed by atoms with van der Waals surface area (Å²) in [5.74, 6) is 3.07. The first kappa shape index (κ1) is 13.4. The molecule has 4 nitrogen and oxygen atoms in total. The molecular formula is C12H14BrN3OS. The smallest absolute Gasteiger partial charge is 0.260 e. The molecule has 2 rings (SSSR count). The summed E-state index contributed by atoms with van der Waals surface area (Å²) < 4.78 is 6.16. The first-order valence-electron chi connectivity index (χ1n) is 5.66. The number of rotatable bonds is 5. The number of nitrogen functional groups attached to an aromatic ring is 1. The van der Waals surface area contributed by atoms with Crippen molar-refractivity contribution in [2.24, 2.45) is 0 Å². The van der Waals surface area contributed by atoms with Gasteiger partial charge in [-0.15, -0.1) is 0 Å². The van der Waals surface area contributed by atoms with Gasteiger partial charge in [0.15, 0.2) is 5.82 Å². The summed E-state index contributed by atoms with van der Waals surface area (Å²) in [6, 6.07) is 5.60. The van der Waals surface area contributed by atoms with Gasteiger partial charge in [0, 0.05) is 10.2 Å². The molecule has 0 atom stereocenters. The van der Waals surface area contributed by atoms with Gasteiger partial charge in [-0.2, -0.15) is 16.7 Å². The molecule has 0 aliphatic heterocycles. The Hall–Kier alpha value is -1.01. The molecule has 0 radical (unpaired) electrons. The molecule has 0 fully saturated rings. The lowest BCUT2D eigenvalue weighted by Crippen LogP contribution is -1.90. The van der Waals surface area contributed by atoms with E-state index in [0.29, 0.717) is 17.4 Å². The average Bonchev–Trinajstić information content (AvgIpc) is 2.78. The zero-order chi connectivity index (χ0) is 13.0. The fourth-order valence-corrected chi connectivity index (χ4v) is 2.57. The number of aromatic nitrogens is 2. The van der Waals surface area contributed by atoms with E-state index in [4.69, 9.17) is 10.3 Å². The van der Waals surface area contributed by atoms with Crippen molar-refractivity contribution in [1.82, 2.24) is 10.1 Å². The van der Waals surface area contributed by atoms with Crippen LogP contribution in [0.15, 0.2) is 27.2 Å². The van der Waals surface area contributed by atoms with Crippen molar-refractivity contribution in [3.8, 4) is 11.5 Å². The van der Waals surface area contributed by atoms with Crippen molar-refractivity contribution < 1.29 is 4.52 Å². The van der Waals surface area contributed by atoms with E-state index in [2.05, 4.69) is 33.0 Å². The van der Waals surface area contributed by atoms with E-state index < -0.39 is 0 Å². The lowest BCUT2D eigenvalue weighted by atomic mass is 10.2. The first-order valence-corrected chi connectivity index (χ1v) is 7.61. The van der Waals surface area contributed by atoms with Crippen molar-refractivity contribution in [3.63, 3.8) is 0 Å². The van der Waals surface area contributed by atoms with Crippen LogP contribution >= 0.6 is 27.7 Å². The maximum Gasteiger partial charge on any atom is 0.260 e. The normalized spacial score (nSPS) is 10.8. The molecule has 1 heterocycles. The molecule has 18 heavy (non-hydrogen) atoms. The minimum atomic E-state index is 0.479. The van der Waals surface area contributed by atoms with E-state index in [1.807, 2.05) is 18.2 Å². The van der Waals surface area contributed by atoms with E-state index in [9.17, 15) is 0 Å². The molecule has 0 saturated heterocycles. The Morgan fingerprint density at radius 1 is 1.44 bits per heavy atom. The number of halogens is 1. The molecule has 2 aromatic rings. The maximum atomic E-state index is 5.92. The minimum absolute atomic E-state index is 0.479. The second kappa shape index (κ2) is 6.24. The highest BCUT2D eigenvalue weighted by Crippen LogP contribution is 2.27. The van der Waals surface area contributed by atoms with Gasteiger partial charge in [0.25, 0.3) is 5.89 Å². The third kappa shape index (κ3) is 3.26.